The fourth-order valence-corrected chi connectivity index (χ4v) is 8.10. The van der Waals surface area contributed by atoms with Crippen LogP contribution in [0.5, 0.6) is 0 Å². The number of fused-ring (bicyclic) bond motifs is 6. The van der Waals surface area contributed by atoms with Gasteiger partial charge in [-0.3, -0.25) is 0 Å². The van der Waals surface area contributed by atoms with Gasteiger partial charge in [-0.15, -0.1) is 0 Å². The highest BCUT2D eigenvalue weighted by Crippen LogP contribution is 2.38. The SMILES string of the molecule is c1ccc(C2=NC(c3ccc(-c4cccc(-n5c6ccccc6c6ccc(-c7ccc8oc9ccccc9c8c7)cc65)c4)cc3)NC(c3ccccc3)=N2)cc1. The highest BCUT2D eigenvalue weighted by Gasteiger charge is 2.21. The number of hydrogen-bond acceptors (Lipinski definition) is 4. The Morgan fingerprint density at radius 3 is 1.89 bits per heavy atom. The molecule has 0 fully saturated rings. The second-order valence-corrected chi connectivity index (χ2v) is 14.3. The van der Waals surface area contributed by atoms with Gasteiger partial charge in [0.15, 0.2) is 5.84 Å². The molecule has 0 aliphatic carbocycles. The van der Waals surface area contributed by atoms with Gasteiger partial charge in [-0.25, -0.2) is 9.98 Å². The molecule has 0 saturated heterocycles. The molecule has 2 aromatic heterocycles. The zero-order valence-electron chi connectivity index (χ0n) is 30.3. The molecule has 1 aliphatic heterocycles. The van der Waals surface area contributed by atoms with E-state index in [1.54, 1.807) is 0 Å². The minimum atomic E-state index is -0.280. The van der Waals surface area contributed by atoms with Crippen LogP contribution in [0.3, 0.4) is 0 Å². The lowest BCUT2D eigenvalue weighted by Gasteiger charge is -2.24. The number of furan rings is 1. The van der Waals surface area contributed by atoms with Gasteiger partial charge in [0.1, 0.15) is 23.2 Å². The van der Waals surface area contributed by atoms with Crippen molar-refractivity contribution in [2.45, 2.75) is 6.17 Å². The number of aliphatic imine (C=N–C) groups is 2. The van der Waals surface area contributed by atoms with Crippen molar-refractivity contribution in [3.8, 4) is 27.9 Å². The van der Waals surface area contributed by atoms with Crippen LogP contribution in [0.2, 0.25) is 0 Å². The van der Waals surface area contributed by atoms with Crippen molar-refractivity contribution < 1.29 is 4.42 Å². The first-order chi connectivity index (χ1) is 27.7. The van der Waals surface area contributed by atoms with Crippen LogP contribution in [0.1, 0.15) is 22.9 Å². The van der Waals surface area contributed by atoms with Gasteiger partial charge >= 0.3 is 0 Å². The van der Waals surface area contributed by atoms with Crippen molar-refractivity contribution in [1.82, 2.24) is 9.88 Å². The Labute approximate surface area is 323 Å². The molecular formula is C51H34N4O. The highest BCUT2D eigenvalue weighted by molar-refractivity contribution is 6.13. The maximum absolute atomic E-state index is 6.14. The molecule has 5 heteroatoms. The van der Waals surface area contributed by atoms with Crippen molar-refractivity contribution in [3.05, 3.63) is 211 Å². The van der Waals surface area contributed by atoms with Crippen LogP contribution < -0.4 is 5.32 Å². The largest absolute Gasteiger partial charge is 0.456 e. The van der Waals surface area contributed by atoms with Crippen LogP contribution >= 0.6 is 0 Å². The summed E-state index contributed by atoms with van der Waals surface area (Å²) in [7, 11) is 0. The maximum Gasteiger partial charge on any atom is 0.159 e. The topological polar surface area (TPSA) is 54.8 Å². The zero-order valence-corrected chi connectivity index (χ0v) is 30.3. The molecule has 0 bridgehead atoms. The van der Waals surface area contributed by atoms with Gasteiger partial charge in [0, 0.05) is 38.4 Å². The predicted octanol–water partition coefficient (Wildman–Crippen LogP) is 12.5. The first-order valence-corrected chi connectivity index (χ1v) is 18.9. The van der Waals surface area contributed by atoms with E-state index >= 15 is 0 Å². The van der Waals surface area contributed by atoms with Gasteiger partial charge in [-0.1, -0.05) is 152 Å². The van der Waals surface area contributed by atoms with Crippen molar-refractivity contribution in [3.63, 3.8) is 0 Å². The van der Waals surface area contributed by atoms with Gasteiger partial charge in [-0.2, -0.15) is 0 Å². The molecule has 0 radical (unpaired) electrons. The summed E-state index contributed by atoms with van der Waals surface area (Å²) in [6.45, 7) is 0. The van der Waals surface area contributed by atoms with Crippen molar-refractivity contribution in [2.24, 2.45) is 9.98 Å². The number of hydrogen-bond donors (Lipinski definition) is 1. The van der Waals surface area contributed by atoms with Gasteiger partial charge < -0.3 is 14.3 Å². The third-order valence-electron chi connectivity index (χ3n) is 10.9. The van der Waals surface area contributed by atoms with E-state index in [1.165, 1.54) is 21.8 Å². The van der Waals surface area contributed by atoms with E-state index in [-0.39, 0.29) is 6.17 Å². The molecule has 1 unspecified atom stereocenters. The Kier molecular flexibility index (Phi) is 7.49. The average Bonchev–Trinajstić information content (AvgIpc) is 3.82. The molecule has 1 N–H and O–H groups in total. The number of amidine groups is 2. The molecule has 1 aliphatic rings. The van der Waals surface area contributed by atoms with Crippen LogP contribution in [0.4, 0.5) is 0 Å². The summed E-state index contributed by atoms with van der Waals surface area (Å²) >= 11 is 0. The van der Waals surface area contributed by atoms with E-state index < -0.39 is 0 Å². The fourth-order valence-electron chi connectivity index (χ4n) is 8.10. The summed E-state index contributed by atoms with van der Waals surface area (Å²) in [5.74, 6) is 1.53. The highest BCUT2D eigenvalue weighted by atomic mass is 16.3. The van der Waals surface area contributed by atoms with E-state index in [4.69, 9.17) is 14.4 Å². The normalized spacial score (nSPS) is 14.2. The van der Waals surface area contributed by atoms with E-state index in [0.29, 0.717) is 0 Å². The molecule has 5 nitrogen and oxygen atoms in total. The Balaban J connectivity index is 0.963. The van der Waals surface area contributed by atoms with Gasteiger partial charge in [-0.05, 0) is 70.3 Å². The first kappa shape index (κ1) is 32.0. The number of nitrogens with zero attached hydrogens (tertiary/aromatic N) is 3. The quantitative estimate of drug-likeness (QED) is 0.186. The summed E-state index contributed by atoms with van der Waals surface area (Å²) in [6, 6.07) is 68.3. The Hall–Kier alpha value is -7.50. The summed E-state index contributed by atoms with van der Waals surface area (Å²) in [4.78, 5) is 10.0. The van der Waals surface area contributed by atoms with Crippen LogP contribution in [0, 0.1) is 0 Å². The van der Waals surface area contributed by atoms with Crippen LogP contribution in [-0.2, 0) is 0 Å². The number of para-hydroxylation sites is 2. The molecule has 11 rings (SSSR count). The van der Waals surface area contributed by atoms with E-state index in [1.807, 2.05) is 48.5 Å². The molecular weight excluding hydrogens is 685 g/mol. The van der Waals surface area contributed by atoms with Crippen molar-refractivity contribution >= 4 is 55.4 Å². The average molecular weight is 719 g/mol. The molecule has 0 spiro atoms. The maximum atomic E-state index is 6.14. The van der Waals surface area contributed by atoms with Crippen LogP contribution in [0.25, 0.3) is 71.7 Å². The second-order valence-electron chi connectivity index (χ2n) is 14.3. The van der Waals surface area contributed by atoms with E-state index in [0.717, 1.165) is 78.2 Å². The summed E-state index contributed by atoms with van der Waals surface area (Å²) in [5.41, 5.74) is 13.0. The Morgan fingerprint density at radius 2 is 1.05 bits per heavy atom. The fraction of sp³-hybridized carbons (Fsp3) is 0.0196. The van der Waals surface area contributed by atoms with Gasteiger partial charge in [0.25, 0.3) is 0 Å². The minimum Gasteiger partial charge on any atom is -0.456 e. The monoisotopic (exact) mass is 718 g/mol. The van der Waals surface area contributed by atoms with Crippen LogP contribution in [-0.4, -0.2) is 16.2 Å². The third-order valence-corrected chi connectivity index (χ3v) is 10.9. The molecule has 1 atom stereocenters. The molecule has 264 valence electrons. The Morgan fingerprint density at radius 1 is 0.429 bits per heavy atom. The van der Waals surface area contributed by atoms with E-state index in [9.17, 15) is 0 Å². The smallest absolute Gasteiger partial charge is 0.159 e. The standard InChI is InChI=1S/C51H34N4O/c1-3-12-34(13-4-1)49-52-50(35-14-5-2-6-15-35)54-51(53-49)36-24-22-33(23-25-36)37-16-11-17-40(30-37)55-45-20-9-7-18-41(45)42-28-26-39(32-46(42)55)38-27-29-48-44(31-38)43-19-8-10-21-47(43)56-48/h1-32,51H,(H,52,53,54). The molecule has 8 aromatic carbocycles. The van der Waals surface area contributed by atoms with E-state index in [2.05, 4.69) is 155 Å². The molecule has 10 aromatic rings. The van der Waals surface area contributed by atoms with Crippen LogP contribution in [0.15, 0.2) is 209 Å². The Bertz CT molecular complexity index is 3150. The van der Waals surface area contributed by atoms with Gasteiger partial charge in [0.2, 0.25) is 0 Å². The molecule has 56 heavy (non-hydrogen) atoms. The molecule has 0 amide bonds. The zero-order chi connectivity index (χ0) is 37.0. The van der Waals surface area contributed by atoms with Gasteiger partial charge in [0.05, 0.1) is 11.0 Å². The number of nitrogens with one attached hydrogen (secondary N) is 1. The summed E-state index contributed by atoms with van der Waals surface area (Å²) < 4.78 is 8.54. The number of rotatable bonds is 6. The lowest BCUT2D eigenvalue weighted by atomic mass is 10.0. The van der Waals surface area contributed by atoms with Crippen molar-refractivity contribution in [1.29, 1.82) is 0 Å². The summed E-state index contributed by atoms with van der Waals surface area (Å²) in [5, 5.41) is 8.31. The minimum absolute atomic E-state index is 0.280. The van der Waals surface area contributed by atoms with Crippen molar-refractivity contribution in [2.75, 3.05) is 0 Å². The number of aromatic nitrogens is 1. The lowest BCUT2D eigenvalue weighted by molar-refractivity contribution is 0.669. The number of benzene rings is 8. The molecule has 0 saturated carbocycles. The second kappa shape index (κ2) is 13.1. The third kappa shape index (κ3) is 5.48. The molecule has 3 heterocycles. The first-order valence-electron chi connectivity index (χ1n) is 18.9. The summed E-state index contributed by atoms with van der Waals surface area (Å²) in [6.07, 6.45) is -0.280. The predicted molar refractivity (Wildman–Crippen MR) is 231 cm³/mol. The lowest BCUT2D eigenvalue weighted by Crippen LogP contribution is -2.33.